The highest BCUT2D eigenvalue weighted by Crippen LogP contribution is 2.40. The molecule has 7 heteroatoms. The van der Waals surface area contributed by atoms with E-state index >= 15 is 0 Å². The number of likely N-dealkylation sites (tertiary alicyclic amines) is 1. The average molecular weight is 446 g/mol. The van der Waals surface area contributed by atoms with Gasteiger partial charge in [-0.25, -0.2) is 4.39 Å². The second-order valence-electron chi connectivity index (χ2n) is 8.82. The van der Waals surface area contributed by atoms with E-state index in [0.717, 1.165) is 32.5 Å². The van der Waals surface area contributed by atoms with E-state index in [1.54, 1.807) is 24.3 Å². The molecule has 0 aromatic heterocycles. The Morgan fingerprint density at radius 1 is 1.19 bits per heavy atom. The normalized spacial score (nSPS) is 28.5. The lowest BCUT2D eigenvalue weighted by atomic mass is 9.84. The van der Waals surface area contributed by atoms with Crippen molar-refractivity contribution in [3.05, 3.63) is 40.6 Å². The first kappa shape index (κ1) is 22.3. The summed E-state index contributed by atoms with van der Waals surface area (Å²) >= 11 is 1.52. The second-order valence-corrected chi connectivity index (χ2v) is 10.1. The maximum absolute atomic E-state index is 14.0. The number of carbonyl (C=O) groups is 2. The Balaban J connectivity index is 1.27. The van der Waals surface area contributed by atoms with Crippen molar-refractivity contribution in [1.82, 2.24) is 15.5 Å². The Bertz CT molecular complexity index is 823. The molecule has 31 heavy (non-hydrogen) atoms. The molecule has 1 aliphatic carbocycles. The van der Waals surface area contributed by atoms with Gasteiger partial charge >= 0.3 is 0 Å². The van der Waals surface area contributed by atoms with Gasteiger partial charge in [0.1, 0.15) is 5.82 Å². The highest BCUT2D eigenvalue weighted by molar-refractivity contribution is 8.04. The maximum atomic E-state index is 14.0. The van der Waals surface area contributed by atoms with Crippen molar-refractivity contribution < 1.29 is 14.0 Å². The standard InChI is InChI=1S/C24H32FN3O2S/c25-19-8-4-3-7-17(19)16-22-24(30)27-20-15-18(9-10-21(20)31-22)23(29)26-11-14-28-12-5-1-2-6-13-28/h3-4,7-8,16,18,20-21H,1-2,5-6,9-15H2,(H,26,29)(H,27,30)/b22-16+. The minimum absolute atomic E-state index is 0.00891. The lowest BCUT2D eigenvalue weighted by molar-refractivity contribution is -0.127. The molecule has 1 aromatic rings. The molecule has 5 nitrogen and oxygen atoms in total. The first-order valence-electron chi connectivity index (χ1n) is 11.5. The largest absolute Gasteiger partial charge is 0.355 e. The van der Waals surface area contributed by atoms with E-state index in [2.05, 4.69) is 15.5 Å². The molecular formula is C24H32FN3O2S. The number of halogens is 1. The number of hydrogen-bond donors (Lipinski definition) is 2. The van der Waals surface area contributed by atoms with E-state index < -0.39 is 0 Å². The van der Waals surface area contributed by atoms with Crippen LogP contribution in [0.25, 0.3) is 6.08 Å². The summed E-state index contributed by atoms with van der Waals surface area (Å²) in [4.78, 5) is 28.3. The van der Waals surface area contributed by atoms with Crippen LogP contribution in [0.2, 0.25) is 0 Å². The van der Waals surface area contributed by atoms with Gasteiger partial charge in [-0.05, 0) is 57.3 Å². The van der Waals surface area contributed by atoms with E-state index in [9.17, 15) is 14.0 Å². The maximum Gasteiger partial charge on any atom is 0.257 e. The summed E-state index contributed by atoms with van der Waals surface area (Å²) in [6, 6.07) is 6.47. The van der Waals surface area contributed by atoms with Crippen LogP contribution in [-0.4, -0.2) is 54.2 Å². The molecule has 4 rings (SSSR count). The third-order valence-electron chi connectivity index (χ3n) is 6.59. The number of thioether (sulfide) groups is 1. The smallest absolute Gasteiger partial charge is 0.257 e. The minimum atomic E-state index is -0.328. The topological polar surface area (TPSA) is 61.4 Å². The van der Waals surface area contributed by atoms with E-state index in [1.807, 2.05) is 0 Å². The number of rotatable bonds is 5. The molecule has 3 fully saturated rings. The van der Waals surface area contributed by atoms with Crippen molar-refractivity contribution in [3.63, 3.8) is 0 Å². The van der Waals surface area contributed by atoms with Gasteiger partial charge in [0.25, 0.3) is 5.91 Å². The van der Waals surface area contributed by atoms with E-state index in [0.29, 0.717) is 23.4 Å². The number of nitrogens with zero attached hydrogens (tertiary/aromatic N) is 1. The molecule has 2 saturated heterocycles. The summed E-state index contributed by atoms with van der Waals surface area (Å²) in [7, 11) is 0. The Morgan fingerprint density at radius 2 is 1.97 bits per heavy atom. The fourth-order valence-corrected chi connectivity index (χ4v) is 6.09. The molecule has 0 bridgehead atoms. The number of benzene rings is 1. The van der Waals surface area contributed by atoms with E-state index in [1.165, 1.54) is 43.5 Å². The van der Waals surface area contributed by atoms with Gasteiger partial charge in [0, 0.05) is 35.9 Å². The van der Waals surface area contributed by atoms with E-state index in [4.69, 9.17) is 0 Å². The zero-order valence-corrected chi connectivity index (χ0v) is 18.8. The Hall–Kier alpha value is -1.86. The van der Waals surface area contributed by atoms with Crippen LogP contribution in [0, 0.1) is 11.7 Å². The average Bonchev–Trinajstić information content (AvgIpc) is 3.04. The number of carbonyl (C=O) groups excluding carboxylic acids is 2. The molecule has 3 aliphatic rings. The van der Waals surface area contributed by atoms with Crippen molar-refractivity contribution in [2.75, 3.05) is 26.2 Å². The zero-order valence-electron chi connectivity index (χ0n) is 17.9. The van der Waals surface area contributed by atoms with Gasteiger partial charge in [-0.2, -0.15) is 0 Å². The van der Waals surface area contributed by atoms with Gasteiger partial charge in [0.15, 0.2) is 0 Å². The third-order valence-corrected chi connectivity index (χ3v) is 8.02. The van der Waals surface area contributed by atoms with Gasteiger partial charge in [0.2, 0.25) is 5.91 Å². The van der Waals surface area contributed by atoms with Crippen molar-refractivity contribution in [2.24, 2.45) is 5.92 Å². The lowest BCUT2D eigenvalue weighted by Gasteiger charge is -2.39. The number of fused-ring (bicyclic) bond motifs is 1. The zero-order chi connectivity index (χ0) is 21.6. The van der Waals surface area contributed by atoms with Crippen LogP contribution in [0.4, 0.5) is 4.39 Å². The summed E-state index contributed by atoms with van der Waals surface area (Å²) in [6.45, 7) is 3.88. The molecule has 2 amide bonds. The lowest BCUT2D eigenvalue weighted by Crippen LogP contribution is -2.52. The number of amides is 2. The third kappa shape index (κ3) is 5.89. The SMILES string of the molecule is O=C1NC2CC(C(=O)NCCN3CCCCCC3)CCC2S/C1=C/c1ccccc1F. The summed E-state index contributed by atoms with van der Waals surface area (Å²) in [5.74, 6) is -0.439. The molecule has 2 aliphatic heterocycles. The Kier molecular flexibility index (Phi) is 7.67. The second kappa shape index (κ2) is 10.6. The summed E-state index contributed by atoms with van der Waals surface area (Å²) in [5, 5.41) is 6.42. The summed E-state index contributed by atoms with van der Waals surface area (Å²) < 4.78 is 14.0. The van der Waals surface area contributed by atoms with Crippen LogP contribution in [0.3, 0.4) is 0 Å². The molecule has 168 valence electrons. The molecule has 0 radical (unpaired) electrons. The molecule has 0 spiro atoms. The van der Waals surface area contributed by atoms with Crippen LogP contribution in [0.15, 0.2) is 29.2 Å². The van der Waals surface area contributed by atoms with Crippen LogP contribution >= 0.6 is 11.8 Å². The summed E-state index contributed by atoms with van der Waals surface area (Å²) in [5.41, 5.74) is 0.427. The fourth-order valence-electron chi connectivity index (χ4n) is 4.80. The van der Waals surface area contributed by atoms with Crippen molar-refractivity contribution in [1.29, 1.82) is 0 Å². The Labute approximate surface area is 188 Å². The van der Waals surface area contributed by atoms with Gasteiger partial charge in [-0.1, -0.05) is 31.0 Å². The quantitative estimate of drug-likeness (QED) is 0.681. The Morgan fingerprint density at radius 3 is 2.74 bits per heavy atom. The van der Waals surface area contributed by atoms with Crippen LogP contribution in [-0.2, 0) is 9.59 Å². The monoisotopic (exact) mass is 445 g/mol. The van der Waals surface area contributed by atoms with Gasteiger partial charge in [-0.15, -0.1) is 11.8 Å². The summed E-state index contributed by atoms with van der Waals surface area (Å²) in [6.07, 6.45) is 9.14. The molecule has 1 aromatic carbocycles. The first-order valence-corrected chi connectivity index (χ1v) is 12.4. The van der Waals surface area contributed by atoms with Crippen molar-refractivity contribution >= 4 is 29.7 Å². The highest BCUT2D eigenvalue weighted by atomic mass is 32.2. The van der Waals surface area contributed by atoms with Crippen molar-refractivity contribution in [2.45, 2.75) is 56.2 Å². The molecular weight excluding hydrogens is 413 g/mol. The van der Waals surface area contributed by atoms with Crippen LogP contribution < -0.4 is 10.6 Å². The van der Waals surface area contributed by atoms with Crippen LogP contribution in [0.5, 0.6) is 0 Å². The van der Waals surface area contributed by atoms with Gasteiger partial charge in [0.05, 0.1) is 4.91 Å². The van der Waals surface area contributed by atoms with E-state index in [-0.39, 0.29) is 34.8 Å². The molecule has 3 atom stereocenters. The van der Waals surface area contributed by atoms with Crippen LogP contribution in [0.1, 0.15) is 50.5 Å². The number of nitrogens with one attached hydrogen (secondary N) is 2. The molecule has 1 saturated carbocycles. The predicted octanol–water partition coefficient (Wildman–Crippen LogP) is 3.56. The molecule has 2 N–H and O–H groups in total. The fraction of sp³-hybridized carbons (Fsp3) is 0.583. The van der Waals surface area contributed by atoms with Gasteiger partial charge in [-0.3, -0.25) is 9.59 Å². The molecule has 3 unspecified atom stereocenters. The van der Waals surface area contributed by atoms with Crippen molar-refractivity contribution in [3.8, 4) is 0 Å². The van der Waals surface area contributed by atoms with Gasteiger partial charge < -0.3 is 15.5 Å². The number of hydrogen-bond acceptors (Lipinski definition) is 4. The minimum Gasteiger partial charge on any atom is -0.355 e. The first-order chi connectivity index (χ1) is 15.1. The highest BCUT2D eigenvalue weighted by Gasteiger charge is 2.39. The molecule has 2 heterocycles. The predicted molar refractivity (Wildman–Crippen MR) is 123 cm³/mol.